The number of aromatic nitrogens is 3. The van der Waals surface area contributed by atoms with Crippen molar-refractivity contribution in [3.63, 3.8) is 0 Å². The molecule has 3 aromatic rings. The van der Waals surface area contributed by atoms with E-state index >= 15 is 0 Å². The Morgan fingerprint density at radius 1 is 1.24 bits per heavy atom. The van der Waals surface area contributed by atoms with Crippen molar-refractivity contribution in [3.8, 4) is 11.3 Å². The molecule has 2 aromatic heterocycles. The summed E-state index contributed by atoms with van der Waals surface area (Å²) in [6.45, 7) is 6.85. The van der Waals surface area contributed by atoms with Crippen molar-refractivity contribution in [2.75, 3.05) is 13.6 Å². The summed E-state index contributed by atoms with van der Waals surface area (Å²) in [7, 11) is 3.71. The average Bonchev–Trinajstić information content (AvgIpc) is 2.88. The Balaban J connectivity index is 2.20. The van der Waals surface area contributed by atoms with Gasteiger partial charge in [-0.25, -0.2) is 4.98 Å². The zero-order chi connectivity index (χ0) is 18.1. The van der Waals surface area contributed by atoms with E-state index < -0.39 is 0 Å². The Hall–Kier alpha value is -2.69. The smallest absolute Gasteiger partial charge is 0.254 e. The average molecular weight is 336 g/mol. The quantitative estimate of drug-likeness (QED) is 0.730. The molecule has 0 spiro atoms. The van der Waals surface area contributed by atoms with Gasteiger partial charge in [-0.2, -0.15) is 5.10 Å². The molecule has 0 unspecified atom stereocenters. The van der Waals surface area contributed by atoms with Gasteiger partial charge in [0.2, 0.25) is 0 Å². The van der Waals surface area contributed by atoms with Gasteiger partial charge in [-0.05, 0) is 18.9 Å². The van der Waals surface area contributed by atoms with E-state index in [0.29, 0.717) is 18.0 Å². The van der Waals surface area contributed by atoms with Crippen LogP contribution < -0.4 is 0 Å². The van der Waals surface area contributed by atoms with E-state index in [1.165, 1.54) is 0 Å². The fourth-order valence-corrected chi connectivity index (χ4v) is 3.21. The summed E-state index contributed by atoms with van der Waals surface area (Å²) in [6.07, 6.45) is 0. The van der Waals surface area contributed by atoms with Crippen molar-refractivity contribution in [3.05, 3.63) is 47.7 Å². The number of nitrogens with zero attached hydrogens (tertiary/aromatic N) is 4. The van der Waals surface area contributed by atoms with Crippen LogP contribution in [-0.2, 0) is 7.05 Å². The summed E-state index contributed by atoms with van der Waals surface area (Å²) in [4.78, 5) is 19.6. The molecule has 0 atom stereocenters. The Morgan fingerprint density at radius 3 is 2.56 bits per heavy atom. The van der Waals surface area contributed by atoms with Gasteiger partial charge < -0.3 is 4.90 Å². The third-order valence-corrected chi connectivity index (χ3v) is 4.25. The highest BCUT2D eigenvalue weighted by atomic mass is 16.2. The first kappa shape index (κ1) is 17.1. The van der Waals surface area contributed by atoms with Gasteiger partial charge in [0.1, 0.15) is 0 Å². The zero-order valence-corrected chi connectivity index (χ0v) is 15.4. The van der Waals surface area contributed by atoms with Crippen molar-refractivity contribution in [1.82, 2.24) is 19.7 Å². The lowest BCUT2D eigenvalue weighted by Gasteiger charge is -2.20. The first-order chi connectivity index (χ1) is 11.9. The maximum atomic E-state index is 13.1. The predicted octanol–water partition coefficient (Wildman–Crippen LogP) is 3.67. The van der Waals surface area contributed by atoms with Gasteiger partial charge in [0, 0.05) is 26.2 Å². The topological polar surface area (TPSA) is 51.0 Å². The highest BCUT2D eigenvalue weighted by Crippen LogP contribution is 2.27. The Kier molecular flexibility index (Phi) is 4.57. The summed E-state index contributed by atoms with van der Waals surface area (Å²) < 4.78 is 1.75. The standard InChI is InChI=1S/C20H24N4O/c1-13(2)12-23(4)20(25)16-11-17(15-9-7-6-8-10-15)21-19-18(16)14(3)22-24(19)5/h6-11,13H,12H2,1-5H3. The predicted molar refractivity (Wildman–Crippen MR) is 100 cm³/mol. The fourth-order valence-electron chi connectivity index (χ4n) is 3.21. The molecule has 0 N–H and O–H groups in total. The van der Waals surface area contributed by atoms with Gasteiger partial charge in [0.25, 0.3) is 5.91 Å². The monoisotopic (exact) mass is 336 g/mol. The lowest BCUT2D eigenvalue weighted by atomic mass is 10.0. The van der Waals surface area contributed by atoms with Gasteiger partial charge in [-0.3, -0.25) is 9.48 Å². The van der Waals surface area contributed by atoms with E-state index in [9.17, 15) is 4.79 Å². The Bertz CT molecular complexity index is 912. The van der Waals surface area contributed by atoms with Crippen LogP contribution in [0.1, 0.15) is 29.9 Å². The molecular weight excluding hydrogens is 312 g/mol. The highest BCUT2D eigenvalue weighted by Gasteiger charge is 2.21. The van der Waals surface area contributed by atoms with E-state index in [1.807, 2.05) is 57.4 Å². The molecule has 1 aromatic carbocycles. The van der Waals surface area contributed by atoms with Gasteiger partial charge in [0.05, 0.1) is 22.3 Å². The minimum absolute atomic E-state index is 0.00869. The number of pyridine rings is 1. The number of carbonyl (C=O) groups excluding carboxylic acids is 1. The van der Waals surface area contributed by atoms with Crippen molar-refractivity contribution in [2.24, 2.45) is 13.0 Å². The number of hydrogen-bond acceptors (Lipinski definition) is 3. The minimum atomic E-state index is 0.00869. The van der Waals surface area contributed by atoms with Gasteiger partial charge in [-0.1, -0.05) is 44.2 Å². The van der Waals surface area contributed by atoms with Gasteiger partial charge in [0.15, 0.2) is 5.65 Å². The fraction of sp³-hybridized carbons (Fsp3) is 0.350. The number of benzene rings is 1. The van der Waals surface area contributed by atoms with Crippen molar-refractivity contribution < 1.29 is 4.79 Å². The van der Waals surface area contributed by atoms with Crippen LogP contribution >= 0.6 is 0 Å². The zero-order valence-electron chi connectivity index (χ0n) is 15.4. The van der Waals surface area contributed by atoms with Crippen molar-refractivity contribution >= 4 is 16.9 Å². The summed E-state index contributed by atoms with van der Waals surface area (Å²) >= 11 is 0. The minimum Gasteiger partial charge on any atom is -0.341 e. The lowest BCUT2D eigenvalue weighted by molar-refractivity contribution is 0.0781. The molecule has 5 heteroatoms. The van der Waals surface area contributed by atoms with Gasteiger partial charge >= 0.3 is 0 Å². The van der Waals surface area contributed by atoms with Crippen LogP contribution in [0.25, 0.3) is 22.3 Å². The largest absolute Gasteiger partial charge is 0.341 e. The molecule has 0 aliphatic carbocycles. The number of fused-ring (bicyclic) bond motifs is 1. The van der Waals surface area contributed by atoms with E-state index in [4.69, 9.17) is 4.98 Å². The highest BCUT2D eigenvalue weighted by molar-refractivity contribution is 6.07. The molecule has 0 bridgehead atoms. The SMILES string of the molecule is Cc1nn(C)c2nc(-c3ccccc3)cc(C(=O)N(C)CC(C)C)c12. The van der Waals surface area contributed by atoms with Crippen LogP contribution in [0.3, 0.4) is 0 Å². The van der Waals surface area contributed by atoms with Crippen LogP contribution in [0.15, 0.2) is 36.4 Å². The first-order valence-corrected chi connectivity index (χ1v) is 8.53. The normalized spacial score (nSPS) is 11.3. The number of carbonyl (C=O) groups is 1. The Morgan fingerprint density at radius 2 is 1.92 bits per heavy atom. The second kappa shape index (κ2) is 6.67. The number of rotatable bonds is 4. The molecule has 0 aliphatic rings. The molecule has 130 valence electrons. The first-order valence-electron chi connectivity index (χ1n) is 8.53. The molecule has 0 saturated heterocycles. The Labute approximate surface area is 148 Å². The summed E-state index contributed by atoms with van der Waals surface area (Å²) in [5.74, 6) is 0.421. The summed E-state index contributed by atoms with van der Waals surface area (Å²) in [5.41, 5.74) is 4.00. The number of amides is 1. The van der Waals surface area contributed by atoms with Crippen LogP contribution in [0, 0.1) is 12.8 Å². The molecule has 5 nitrogen and oxygen atoms in total. The summed E-state index contributed by atoms with van der Waals surface area (Å²) in [6, 6.07) is 11.8. The van der Waals surface area contributed by atoms with Gasteiger partial charge in [-0.15, -0.1) is 0 Å². The lowest BCUT2D eigenvalue weighted by Crippen LogP contribution is -2.30. The third-order valence-electron chi connectivity index (χ3n) is 4.25. The van der Waals surface area contributed by atoms with Crippen LogP contribution in [0.2, 0.25) is 0 Å². The van der Waals surface area contributed by atoms with Crippen molar-refractivity contribution in [1.29, 1.82) is 0 Å². The van der Waals surface area contributed by atoms with Crippen LogP contribution in [0.4, 0.5) is 0 Å². The van der Waals surface area contributed by atoms with E-state index in [-0.39, 0.29) is 5.91 Å². The second-order valence-electron chi connectivity index (χ2n) is 6.91. The molecular formula is C20H24N4O. The molecule has 0 fully saturated rings. The molecule has 0 radical (unpaired) electrons. The van der Waals surface area contributed by atoms with E-state index in [1.54, 1.807) is 9.58 Å². The number of hydrogen-bond donors (Lipinski definition) is 0. The van der Waals surface area contributed by atoms with Crippen molar-refractivity contribution in [2.45, 2.75) is 20.8 Å². The number of aryl methyl sites for hydroxylation is 2. The molecule has 3 rings (SSSR count). The second-order valence-corrected chi connectivity index (χ2v) is 6.91. The molecule has 2 heterocycles. The maximum absolute atomic E-state index is 13.1. The molecule has 25 heavy (non-hydrogen) atoms. The third kappa shape index (κ3) is 3.27. The van der Waals surface area contributed by atoms with Crippen LogP contribution in [-0.4, -0.2) is 39.2 Å². The van der Waals surface area contributed by atoms with E-state index in [0.717, 1.165) is 28.0 Å². The molecule has 1 amide bonds. The van der Waals surface area contributed by atoms with Crippen LogP contribution in [0.5, 0.6) is 0 Å². The molecule has 0 aliphatic heterocycles. The maximum Gasteiger partial charge on any atom is 0.254 e. The summed E-state index contributed by atoms with van der Waals surface area (Å²) in [5, 5.41) is 5.31. The van der Waals surface area contributed by atoms with E-state index in [2.05, 4.69) is 18.9 Å². The molecule has 0 saturated carbocycles.